The van der Waals surface area contributed by atoms with E-state index in [1.54, 1.807) is 49.4 Å². The SMILES string of the molecule is Cc1cc(Oc2cccc(Cl)c2)cc(F)c1-n1ncc(C(=O)c2cc3ccc(F)cc3[nH]2)c1N. The lowest BCUT2D eigenvalue weighted by Gasteiger charge is -2.13. The summed E-state index contributed by atoms with van der Waals surface area (Å²) in [7, 11) is 0. The van der Waals surface area contributed by atoms with Crippen molar-refractivity contribution in [2.75, 3.05) is 5.73 Å². The smallest absolute Gasteiger partial charge is 0.214 e. The number of aromatic amines is 1. The van der Waals surface area contributed by atoms with Crippen LogP contribution in [0.5, 0.6) is 11.5 Å². The molecule has 0 spiro atoms. The zero-order valence-electron chi connectivity index (χ0n) is 17.8. The number of benzene rings is 3. The van der Waals surface area contributed by atoms with Crippen LogP contribution in [0.2, 0.25) is 5.02 Å². The Morgan fingerprint density at radius 1 is 1.09 bits per heavy atom. The molecule has 0 amide bonds. The summed E-state index contributed by atoms with van der Waals surface area (Å²) < 4.78 is 35.5. The van der Waals surface area contributed by atoms with Crippen LogP contribution in [-0.2, 0) is 0 Å². The average Bonchev–Trinajstić information content (AvgIpc) is 3.36. The van der Waals surface area contributed by atoms with E-state index in [-0.39, 0.29) is 28.5 Å². The van der Waals surface area contributed by atoms with Crippen LogP contribution in [0.3, 0.4) is 0 Å². The van der Waals surface area contributed by atoms with Gasteiger partial charge in [0.25, 0.3) is 0 Å². The molecule has 0 atom stereocenters. The van der Waals surface area contributed by atoms with E-state index >= 15 is 4.39 Å². The van der Waals surface area contributed by atoms with Gasteiger partial charge in [-0.1, -0.05) is 17.7 Å². The monoisotopic (exact) mass is 478 g/mol. The Morgan fingerprint density at radius 2 is 1.91 bits per heavy atom. The van der Waals surface area contributed by atoms with Crippen molar-refractivity contribution in [1.29, 1.82) is 0 Å². The molecular weight excluding hydrogens is 462 g/mol. The van der Waals surface area contributed by atoms with Crippen molar-refractivity contribution >= 4 is 34.1 Å². The normalized spacial score (nSPS) is 11.2. The topological polar surface area (TPSA) is 85.9 Å². The number of aromatic nitrogens is 3. The predicted octanol–water partition coefficient (Wildman–Crippen LogP) is 6.20. The largest absolute Gasteiger partial charge is 0.457 e. The molecule has 0 radical (unpaired) electrons. The molecule has 3 aromatic carbocycles. The number of H-pyrrole nitrogens is 1. The summed E-state index contributed by atoms with van der Waals surface area (Å²) in [5.74, 6) is -0.793. The molecule has 6 nitrogen and oxygen atoms in total. The number of carbonyl (C=O) groups excluding carboxylic acids is 1. The molecule has 0 fully saturated rings. The van der Waals surface area contributed by atoms with Crippen molar-refractivity contribution in [2.24, 2.45) is 0 Å². The summed E-state index contributed by atoms with van der Waals surface area (Å²) in [6, 6.07) is 15.4. The number of ketones is 1. The van der Waals surface area contributed by atoms with Crippen molar-refractivity contribution in [3.63, 3.8) is 0 Å². The molecule has 0 saturated heterocycles. The molecule has 0 saturated carbocycles. The van der Waals surface area contributed by atoms with Gasteiger partial charge < -0.3 is 15.5 Å². The van der Waals surface area contributed by atoms with E-state index in [4.69, 9.17) is 22.1 Å². The van der Waals surface area contributed by atoms with Gasteiger partial charge in [-0.15, -0.1) is 0 Å². The first-order valence-corrected chi connectivity index (χ1v) is 10.6. The van der Waals surface area contributed by atoms with Gasteiger partial charge in [-0.2, -0.15) is 5.10 Å². The lowest BCUT2D eigenvalue weighted by molar-refractivity contribution is 0.103. The number of ether oxygens (including phenoxy) is 1. The number of rotatable bonds is 5. The molecule has 0 bridgehead atoms. The molecule has 9 heteroatoms. The third kappa shape index (κ3) is 3.88. The summed E-state index contributed by atoms with van der Waals surface area (Å²) >= 11 is 5.97. The number of halogens is 3. The molecule has 2 aromatic heterocycles. The summed E-state index contributed by atoms with van der Waals surface area (Å²) in [6.45, 7) is 1.68. The summed E-state index contributed by atoms with van der Waals surface area (Å²) in [5, 5.41) is 5.31. The fourth-order valence-electron chi connectivity index (χ4n) is 3.78. The Morgan fingerprint density at radius 3 is 2.68 bits per heavy atom. The van der Waals surface area contributed by atoms with Crippen molar-refractivity contribution in [3.8, 4) is 17.2 Å². The number of anilines is 1. The van der Waals surface area contributed by atoms with E-state index in [1.165, 1.54) is 29.1 Å². The number of nitrogens with zero attached hydrogens (tertiary/aromatic N) is 2. The lowest BCUT2D eigenvalue weighted by atomic mass is 10.1. The number of fused-ring (bicyclic) bond motifs is 1. The minimum Gasteiger partial charge on any atom is -0.457 e. The molecule has 34 heavy (non-hydrogen) atoms. The van der Waals surface area contributed by atoms with Crippen molar-refractivity contribution in [2.45, 2.75) is 6.92 Å². The Hall–Kier alpha value is -4.17. The molecule has 3 N–H and O–H groups in total. The highest BCUT2D eigenvalue weighted by Crippen LogP contribution is 2.31. The van der Waals surface area contributed by atoms with Gasteiger partial charge in [-0.25, -0.2) is 13.5 Å². The second kappa shape index (κ2) is 8.31. The number of nitrogens with two attached hydrogens (primary N) is 1. The van der Waals surface area contributed by atoms with E-state index in [0.717, 1.165) is 0 Å². The summed E-state index contributed by atoms with van der Waals surface area (Å²) in [5.41, 5.74) is 7.57. The number of hydrogen-bond acceptors (Lipinski definition) is 4. The van der Waals surface area contributed by atoms with Gasteiger partial charge in [0.15, 0.2) is 5.82 Å². The molecule has 170 valence electrons. The Bertz CT molecular complexity index is 1550. The lowest BCUT2D eigenvalue weighted by Crippen LogP contribution is -2.10. The van der Waals surface area contributed by atoms with Crippen molar-refractivity contribution in [1.82, 2.24) is 14.8 Å². The van der Waals surface area contributed by atoms with Crippen LogP contribution in [0.4, 0.5) is 14.6 Å². The van der Waals surface area contributed by atoms with Gasteiger partial charge >= 0.3 is 0 Å². The first-order valence-electron chi connectivity index (χ1n) is 10.2. The quantitative estimate of drug-likeness (QED) is 0.294. The standard InChI is InChI=1S/C25H17ClF2N4O2/c1-13-7-18(34-17-4-2-3-15(26)9-17)11-20(28)23(13)32-25(29)19(12-30-32)24(33)22-8-14-5-6-16(27)10-21(14)31-22/h2-12,31H,29H2,1H3. The molecule has 0 aliphatic rings. The Kier molecular flexibility index (Phi) is 5.30. The highest BCUT2D eigenvalue weighted by molar-refractivity contribution is 6.30. The fraction of sp³-hybridized carbons (Fsp3) is 0.0400. The van der Waals surface area contributed by atoms with Gasteiger partial charge in [0.2, 0.25) is 5.78 Å². The number of aryl methyl sites for hydroxylation is 1. The maximum absolute atomic E-state index is 15.1. The average molecular weight is 479 g/mol. The number of nitrogen functional groups attached to an aromatic ring is 1. The van der Waals surface area contributed by atoms with Crippen LogP contribution in [0.1, 0.15) is 21.6 Å². The van der Waals surface area contributed by atoms with Crippen molar-refractivity contribution in [3.05, 3.63) is 100 Å². The number of nitrogens with one attached hydrogen (secondary N) is 1. The first-order chi connectivity index (χ1) is 16.3. The van der Waals surface area contributed by atoms with Crippen LogP contribution in [0.25, 0.3) is 16.6 Å². The van der Waals surface area contributed by atoms with Crippen LogP contribution < -0.4 is 10.5 Å². The number of hydrogen-bond donors (Lipinski definition) is 2. The fourth-order valence-corrected chi connectivity index (χ4v) is 3.96. The Labute approximate surface area is 197 Å². The predicted molar refractivity (Wildman–Crippen MR) is 126 cm³/mol. The second-order valence-corrected chi connectivity index (χ2v) is 8.17. The van der Waals surface area contributed by atoms with Gasteiger partial charge in [-0.3, -0.25) is 4.79 Å². The minimum atomic E-state index is -0.632. The molecule has 5 rings (SSSR count). The van der Waals surface area contributed by atoms with Gasteiger partial charge in [0.1, 0.15) is 28.8 Å². The highest BCUT2D eigenvalue weighted by atomic mass is 35.5. The summed E-state index contributed by atoms with van der Waals surface area (Å²) in [6.07, 6.45) is 1.28. The summed E-state index contributed by atoms with van der Waals surface area (Å²) in [4.78, 5) is 15.9. The second-order valence-electron chi connectivity index (χ2n) is 7.73. The first kappa shape index (κ1) is 21.7. The molecule has 5 aromatic rings. The molecular formula is C25H17ClF2N4O2. The van der Waals surface area contributed by atoms with E-state index in [0.29, 0.717) is 27.2 Å². The molecule has 2 heterocycles. The van der Waals surface area contributed by atoms with Crippen LogP contribution >= 0.6 is 11.6 Å². The minimum absolute atomic E-state index is 0.0275. The van der Waals surface area contributed by atoms with E-state index in [2.05, 4.69) is 10.1 Å². The third-order valence-corrected chi connectivity index (χ3v) is 5.59. The van der Waals surface area contributed by atoms with E-state index < -0.39 is 17.4 Å². The Balaban J connectivity index is 1.48. The van der Waals surface area contributed by atoms with Crippen LogP contribution in [-0.4, -0.2) is 20.5 Å². The number of carbonyl (C=O) groups is 1. The van der Waals surface area contributed by atoms with E-state index in [9.17, 15) is 9.18 Å². The highest BCUT2D eigenvalue weighted by Gasteiger charge is 2.22. The van der Waals surface area contributed by atoms with Gasteiger partial charge in [-0.05, 0) is 61.0 Å². The van der Waals surface area contributed by atoms with E-state index in [1.807, 2.05) is 0 Å². The zero-order valence-corrected chi connectivity index (χ0v) is 18.5. The van der Waals surface area contributed by atoms with Crippen molar-refractivity contribution < 1.29 is 18.3 Å². The van der Waals surface area contributed by atoms with Gasteiger partial charge in [0.05, 0.1) is 17.5 Å². The van der Waals surface area contributed by atoms with Crippen LogP contribution in [0.15, 0.2) is 66.9 Å². The molecule has 0 aliphatic carbocycles. The maximum atomic E-state index is 15.1. The van der Waals surface area contributed by atoms with Crippen LogP contribution in [0, 0.1) is 18.6 Å². The zero-order chi connectivity index (χ0) is 24.0. The molecule has 0 unspecified atom stereocenters. The third-order valence-electron chi connectivity index (χ3n) is 5.35. The van der Waals surface area contributed by atoms with Gasteiger partial charge in [0, 0.05) is 22.0 Å². The molecule has 0 aliphatic heterocycles. The maximum Gasteiger partial charge on any atom is 0.214 e.